The van der Waals surface area contributed by atoms with Gasteiger partial charge in [-0.05, 0) is 23.8 Å². The molecule has 1 aromatic heterocycles. The molecule has 0 spiro atoms. The van der Waals surface area contributed by atoms with E-state index in [1.54, 1.807) is 18.3 Å². The van der Waals surface area contributed by atoms with Crippen LogP contribution in [0.5, 0.6) is 0 Å². The third-order valence-electron chi connectivity index (χ3n) is 1.84. The second-order valence-corrected chi connectivity index (χ2v) is 3.61. The van der Waals surface area contributed by atoms with Crippen molar-refractivity contribution in [3.63, 3.8) is 0 Å². The van der Waals surface area contributed by atoms with Gasteiger partial charge < -0.3 is 0 Å². The normalized spacial score (nSPS) is 10.1. The lowest BCUT2D eigenvalue weighted by Crippen LogP contribution is -1.79. The first-order valence-electron chi connectivity index (χ1n) is 4.05. The van der Waals surface area contributed by atoms with Crippen molar-refractivity contribution in [2.75, 3.05) is 0 Å². The summed E-state index contributed by atoms with van der Waals surface area (Å²) < 4.78 is 0. The molecule has 0 N–H and O–H groups in total. The molecule has 0 aliphatic rings. The molecule has 0 unspecified atom stereocenters. The Morgan fingerprint density at radius 2 is 1.93 bits per heavy atom. The largest absolute Gasteiger partial charge is 0.254 e. The summed E-state index contributed by atoms with van der Waals surface area (Å²) in [6, 6.07) is 9.24. The number of aromatic nitrogens is 1. The molecule has 3 heteroatoms. The van der Waals surface area contributed by atoms with Crippen molar-refractivity contribution < 1.29 is 0 Å². The molecule has 0 aliphatic heterocycles. The molecule has 2 aromatic rings. The van der Waals surface area contributed by atoms with E-state index in [2.05, 4.69) is 11.2 Å². The van der Waals surface area contributed by atoms with Crippen LogP contribution in [0.1, 0.15) is 0 Å². The zero-order chi connectivity index (χ0) is 9.97. The quantitative estimate of drug-likeness (QED) is 0.715. The summed E-state index contributed by atoms with van der Waals surface area (Å²) in [5, 5.41) is 1.10. The van der Waals surface area contributed by atoms with E-state index in [-0.39, 0.29) is 0 Å². The minimum Gasteiger partial charge on any atom is -0.254 e. The first-order chi connectivity index (χ1) is 6.77. The standard InChI is InChI=1S/C11H6Cl2N/c12-10-4-3-8(6-11(10)13)9-2-1-5-14-7-9/h1-6H. The monoisotopic (exact) mass is 222 g/mol. The van der Waals surface area contributed by atoms with Crippen LogP contribution in [0.25, 0.3) is 11.1 Å². The fourth-order valence-electron chi connectivity index (χ4n) is 1.15. The van der Waals surface area contributed by atoms with Crippen LogP contribution in [-0.4, -0.2) is 4.98 Å². The maximum Gasteiger partial charge on any atom is 0.0970 e. The van der Waals surface area contributed by atoms with E-state index in [0.29, 0.717) is 10.0 Å². The predicted molar refractivity (Wildman–Crippen MR) is 58.5 cm³/mol. The fourth-order valence-corrected chi connectivity index (χ4v) is 1.45. The van der Waals surface area contributed by atoms with Crippen LogP contribution in [0.2, 0.25) is 10.0 Å². The average molecular weight is 223 g/mol. The lowest BCUT2D eigenvalue weighted by atomic mass is 10.1. The molecule has 0 atom stereocenters. The van der Waals surface area contributed by atoms with Crippen LogP contribution in [0, 0.1) is 6.20 Å². The van der Waals surface area contributed by atoms with Crippen molar-refractivity contribution in [1.82, 2.24) is 4.98 Å². The SMILES string of the molecule is Clc1ccc(-c2[c]nccc2)cc1Cl. The van der Waals surface area contributed by atoms with Gasteiger partial charge in [0.25, 0.3) is 0 Å². The van der Waals surface area contributed by atoms with Gasteiger partial charge in [-0.15, -0.1) is 0 Å². The van der Waals surface area contributed by atoms with Gasteiger partial charge in [0.1, 0.15) is 0 Å². The van der Waals surface area contributed by atoms with E-state index < -0.39 is 0 Å². The average Bonchev–Trinajstić information content (AvgIpc) is 2.23. The summed E-state index contributed by atoms with van der Waals surface area (Å²) in [5.74, 6) is 0. The number of nitrogens with zero attached hydrogens (tertiary/aromatic N) is 1. The van der Waals surface area contributed by atoms with Gasteiger partial charge in [0.05, 0.1) is 16.2 Å². The highest BCUT2D eigenvalue weighted by Crippen LogP contribution is 2.27. The molecule has 69 valence electrons. The Labute approximate surface area is 92.3 Å². The van der Waals surface area contributed by atoms with Crippen LogP contribution < -0.4 is 0 Å². The van der Waals surface area contributed by atoms with E-state index in [1.165, 1.54) is 0 Å². The summed E-state index contributed by atoms with van der Waals surface area (Å²) in [7, 11) is 0. The number of pyridine rings is 1. The maximum absolute atomic E-state index is 5.90. The molecule has 1 radical (unpaired) electrons. The molecule has 1 heterocycles. The molecule has 0 bridgehead atoms. The third kappa shape index (κ3) is 1.89. The smallest absolute Gasteiger partial charge is 0.0970 e. The van der Waals surface area contributed by atoms with Gasteiger partial charge in [-0.1, -0.05) is 35.3 Å². The summed E-state index contributed by atoms with van der Waals surface area (Å²) in [6.45, 7) is 0. The van der Waals surface area contributed by atoms with Crippen LogP contribution in [-0.2, 0) is 0 Å². The molecule has 0 amide bonds. The van der Waals surface area contributed by atoms with Crippen molar-refractivity contribution >= 4 is 23.2 Å². The highest BCUT2D eigenvalue weighted by atomic mass is 35.5. The minimum absolute atomic E-state index is 0.543. The van der Waals surface area contributed by atoms with E-state index in [9.17, 15) is 0 Å². The van der Waals surface area contributed by atoms with Gasteiger partial charge in [0.15, 0.2) is 0 Å². The Morgan fingerprint density at radius 1 is 1.07 bits per heavy atom. The first-order valence-corrected chi connectivity index (χ1v) is 4.81. The van der Waals surface area contributed by atoms with E-state index >= 15 is 0 Å². The minimum atomic E-state index is 0.543. The van der Waals surface area contributed by atoms with E-state index in [4.69, 9.17) is 23.2 Å². The maximum atomic E-state index is 5.90. The van der Waals surface area contributed by atoms with Gasteiger partial charge >= 0.3 is 0 Å². The van der Waals surface area contributed by atoms with Crippen molar-refractivity contribution in [2.45, 2.75) is 0 Å². The number of halogens is 2. The Kier molecular flexibility index (Phi) is 2.71. The molecule has 1 aromatic carbocycles. The number of rotatable bonds is 1. The summed E-state index contributed by atoms with van der Waals surface area (Å²) in [4.78, 5) is 3.91. The third-order valence-corrected chi connectivity index (χ3v) is 2.58. The van der Waals surface area contributed by atoms with E-state index in [1.807, 2.05) is 18.2 Å². The van der Waals surface area contributed by atoms with Gasteiger partial charge in [0, 0.05) is 11.8 Å². The molecule has 0 fully saturated rings. The van der Waals surface area contributed by atoms with Crippen molar-refractivity contribution in [1.29, 1.82) is 0 Å². The Bertz CT molecular complexity index is 440. The zero-order valence-corrected chi connectivity index (χ0v) is 8.68. The van der Waals surface area contributed by atoms with Crippen LogP contribution >= 0.6 is 23.2 Å². The molecule has 1 nitrogen and oxygen atoms in total. The summed E-state index contributed by atoms with van der Waals surface area (Å²) >= 11 is 11.7. The number of hydrogen-bond donors (Lipinski definition) is 0. The molecular formula is C11H6Cl2N. The molecular weight excluding hydrogens is 217 g/mol. The lowest BCUT2D eigenvalue weighted by Gasteiger charge is -2.01. The second kappa shape index (κ2) is 3.99. The highest BCUT2D eigenvalue weighted by Gasteiger charge is 2.01. The van der Waals surface area contributed by atoms with Crippen molar-refractivity contribution in [3.8, 4) is 11.1 Å². The topological polar surface area (TPSA) is 12.9 Å². The molecule has 0 saturated carbocycles. The lowest BCUT2D eigenvalue weighted by molar-refractivity contribution is 1.31. The Morgan fingerprint density at radius 3 is 2.57 bits per heavy atom. The Balaban J connectivity index is 2.48. The molecule has 0 saturated heterocycles. The molecule has 14 heavy (non-hydrogen) atoms. The van der Waals surface area contributed by atoms with Crippen molar-refractivity contribution in [2.24, 2.45) is 0 Å². The zero-order valence-electron chi connectivity index (χ0n) is 7.17. The van der Waals surface area contributed by atoms with E-state index in [0.717, 1.165) is 11.1 Å². The molecule has 0 aliphatic carbocycles. The summed E-state index contributed by atoms with van der Waals surface area (Å²) in [5.41, 5.74) is 1.87. The van der Waals surface area contributed by atoms with Crippen LogP contribution in [0.4, 0.5) is 0 Å². The predicted octanol–water partition coefficient (Wildman–Crippen LogP) is 3.86. The van der Waals surface area contributed by atoms with Crippen LogP contribution in [0.3, 0.4) is 0 Å². The van der Waals surface area contributed by atoms with Crippen LogP contribution in [0.15, 0.2) is 36.5 Å². The first kappa shape index (κ1) is 9.50. The van der Waals surface area contributed by atoms with Gasteiger partial charge in [-0.3, -0.25) is 4.98 Å². The summed E-state index contributed by atoms with van der Waals surface area (Å²) in [6.07, 6.45) is 4.56. The van der Waals surface area contributed by atoms with Gasteiger partial charge in [-0.2, -0.15) is 0 Å². The van der Waals surface area contributed by atoms with Gasteiger partial charge in [0.2, 0.25) is 0 Å². The van der Waals surface area contributed by atoms with Gasteiger partial charge in [-0.25, -0.2) is 0 Å². The second-order valence-electron chi connectivity index (χ2n) is 2.79. The number of benzene rings is 1. The highest BCUT2D eigenvalue weighted by molar-refractivity contribution is 6.42. The number of hydrogen-bond acceptors (Lipinski definition) is 1. The fraction of sp³-hybridized carbons (Fsp3) is 0. The van der Waals surface area contributed by atoms with Crippen molar-refractivity contribution in [3.05, 3.63) is 52.8 Å². The Hall–Kier alpha value is -1.05. The molecule has 2 rings (SSSR count).